The lowest BCUT2D eigenvalue weighted by atomic mass is 9.95. The maximum absolute atomic E-state index is 13.6. The van der Waals surface area contributed by atoms with Gasteiger partial charge in [0.1, 0.15) is 10.8 Å². The summed E-state index contributed by atoms with van der Waals surface area (Å²) in [6.07, 6.45) is 4.64. The van der Waals surface area contributed by atoms with Gasteiger partial charge in [0.2, 0.25) is 0 Å². The van der Waals surface area contributed by atoms with Gasteiger partial charge in [0.25, 0.3) is 5.91 Å². The fraction of sp³-hybridized carbons (Fsp3) is 0.391. The molecule has 4 heterocycles. The third kappa shape index (κ3) is 3.90. The molecule has 168 valence electrons. The van der Waals surface area contributed by atoms with Gasteiger partial charge in [0.05, 0.1) is 11.1 Å². The highest BCUT2D eigenvalue weighted by Gasteiger charge is 2.32. The summed E-state index contributed by atoms with van der Waals surface area (Å²) in [7, 11) is 0. The fourth-order valence-corrected chi connectivity index (χ4v) is 5.81. The molecule has 5 rings (SSSR count). The Hall–Kier alpha value is -2.81. The van der Waals surface area contributed by atoms with Gasteiger partial charge >= 0.3 is 6.18 Å². The molecule has 0 atom stereocenters. The van der Waals surface area contributed by atoms with E-state index in [2.05, 4.69) is 4.98 Å². The Morgan fingerprint density at radius 1 is 1.00 bits per heavy atom. The number of anilines is 1. The zero-order valence-electron chi connectivity index (χ0n) is 17.4. The van der Waals surface area contributed by atoms with E-state index in [0.717, 1.165) is 48.5 Å². The van der Waals surface area contributed by atoms with Gasteiger partial charge in [-0.05, 0) is 55.5 Å². The van der Waals surface area contributed by atoms with Gasteiger partial charge in [0, 0.05) is 49.6 Å². The number of pyridine rings is 1. The molecule has 0 spiro atoms. The number of alkyl halides is 3. The second-order valence-electron chi connectivity index (χ2n) is 8.16. The number of amides is 1. The Balaban J connectivity index is 1.34. The van der Waals surface area contributed by atoms with E-state index < -0.39 is 11.7 Å². The van der Waals surface area contributed by atoms with Gasteiger partial charge in [0.15, 0.2) is 0 Å². The molecule has 0 saturated carbocycles. The van der Waals surface area contributed by atoms with Crippen molar-refractivity contribution in [3.8, 4) is 5.00 Å². The zero-order chi connectivity index (χ0) is 22.3. The Kier molecular flexibility index (Phi) is 5.44. The van der Waals surface area contributed by atoms with Crippen molar-refractivity contribution in [1.82, 2.24) is 14.5 Å². The highest BCUT2D eigenvalue weighted by molar-refractivity contribution is 7.15. The molecule has 5 nitrogen and oxygen atoms in total. The predicted octanol–water partition coefficient (Wildman–Crippen LogP) is 4.79. The normalized spacial score (nSPS) is 16.8. The molecule has 0 unspecified atom stereocenters. The molecule has 0 aromatic carbocycles. The number of rotatable bonds is 3. The highest BCUT2D eigenvalue weighted by atomic mass is 32.1. The summed E-state index contributed by atoms with van der Waals surface area (Å²) < 4.78 is 40.4. The van der Waals surface area contributed by atoms with E-state index in [-0.39, 0.29) is 5.91 Å². The number of piperazine rings is 1. The number of aromatic nitrogens is 2. The van der Waals surface area contributed by atoms with Crippen LogP contribution in [0.3, 0.4) is 0 Å². The van der Waals surface area contributed by atoms with Gasteiger partial charge in [-0.25, -0.2) is 4.98 Å². The first-order valence-corrected chi connectivity index (χ1v) is 11.6. The number of hydrogen-bond donors (Lipinski definition) is 0. The Morgan fingerprint density at radius 3 is 2.38 bits per heavy atom. The Morgan fingerprint density at radius 2 is 1.72 bits per heavy atom. The third-order valence-electron chi connectivity index (χ3n) is 6.17. The third-order valence-corrected chi connectivity index (χ3v) is 7.48. The lowest BCUT2D eigenvalue weighted by molar-refractivity contribution is -0.137. The molecule has 0 radical (unpaired) electrons. The summed E-state index contributed by atoms with van der Waals surface area (Å²) in [5, 5.41) is 0.985. The van der Waals surface area contributed by atoms with Crippen molar-refractivity contribution in [1.29, 1.82) is 0 Å². The number of halogens is 3. The van der Waals surface area contributed by atoms with Crippen LogP contribution in [0.5, 0.6) is 0 Å². The van der Waals surface area contributed by atoms with Gasteiger partial charge in [-0.1, -0.05) is 0 Å². The van der Waals surface area contributed by atoms with E-state index in [0.29, 0.717) is 32.0 Å². The average Bonchev–Trinajstić information content (AvgIpc) is 3.46. The van der Waals surface area contributed by atoms with Crippen molar-refractivity contribution >= 4 is 23.1 Å². The molecule has 0 bridgehead atoms. The molecule has 3 aromatic rings. The number of carbonyl (C=O) groups excluding carboxylic acids is 1. The summed E-state index contributed by atoms with van der Waals surface area (Å²) in [5.41, 5.74) is 1.26. The highest BCUT2D eigenvalue weighted by Crippen LogP contribution is 2.38. The van der Waals surface area contributed by atoms with Gasteiger partial charge in [-0.3, -0.25) is 4.79 Å². The lowest BCUT2D eigenvalue weighted by Gasteiger charge is -2.35. The van der Waals surface area contributed by atoms with E-state index in [1.54, 1.807) is 11.3 Å². The summed E-state index contributed by atoms with van der Waals surface area (Å²) in [5.74, 6) is 0.555. The number of fused-ring (bicyclic) bond motifs is 1. The Bertz CT molecular complexity index is 1100. The van der Waals surface area contributed by atoms with Gasteiger partial charge < -0.3 is 14.4 Å². The standard InChI is InChI=1S/C23H23F3N4OS/c24-23(25,26)16-7-8-19(27-15-16)28-11-13-29(14-12-28)21(31)20-17-5-1-2-6-18(17)32-22(20)30-9-3-4-10-30/h3-4,7-10,15H,1-2,5-6,11-14H2. The minimum absolute atomic E-state index is 0.0492. The summed E-state index contributed by atoms with van der Waals surface area (Å²) >= 11 is 1.72. The van der Waals surface area contributed by atoms with Crippen LogP contribution in [0, 0.1) is 0 Å². The van der Waals surface area contributed by atoms with Crippen molar-refractivity contribution < 1.29 is 18.0 Å². The molecular weight excluding hydrogens is 437 g/mol. The maximum Gasteiger partial charge on any atom is 0.417 e. The number of hydrogen-bond acceptors (Lipinski definition) is 4. The van der Waals surface area contributed by atoms with Crippen LogP contribution >= 0.6 is 11.3 Å². The van der Waals surface area contributed by atoms with E-state index >= 15 is 0 Å². The van der Waals surface area contributed by atoms with Crippen LogP contribution in [-0.2, 0) is 19.0 Å². The van der Waals surface area contributed by atoms with E-state index in [1.807, 2.05) is 38.9 Å². The first-order chi connectivity index (χ1) is 15.4. The molecule has 1 aliphatic heterocycles. The van der Waals surface area contributed by atoms with Crippen LogP contribution in [0.25, 0.3) is 5.00 Å². The minimum atomic E-state index is -4.40. The summed E-state index contributed by atoms with van der Waals surface area (Å²) in [4.78, 5) is 22.7. The molecule has 1 fully saturated rings. The first-order valence-electron chi connectivity index (χ1n) is 10.8. The summed E-state index contributed by atoms with van der Waals surface area (Å²) in [6.45, 7) is 2.10. The number of carbonyl (C=O) groups is 1. The van der Waals surface area contributed by atoms with Gasteiger partial charge in [-0.15, -0.1) is 11.3 Å². The zero-order valence-corrected chi connectivity index (χ0v) is 18.3. The van der Waals surface area contributed by atoms with Gasteiger partial charge in [-0.2, -0.15) is 13.2 Å². The smallest absolute Gasteiger partial charge is 0.353 e. The SMILES string of the molecule is O=C(c1c(-n2cccc2)sc2c1CCCC2)N1CCN(c2ccc(C(F)(F)F)cn2)CC1. The molecule has 0 N–H and O–H groups in total. The maximum atomic E-state index is 13.6. The van der Waals surface area contributed by atoms with Crippen LogP contribution < -0.4 is 4.90 Å². The van der Waals surface area contributed by atoms with Crippen LogP contribution in [0.4, 0.5) is 19.0 Å². The van der Waals surface area contributed by atoms with Crippen LogP contribution in [0.2, 0.25) is 0 Å². The number of nitrogens with zero attached hydrogens (tertiary/aromatic N) is 4. The molecule has 32 heavy (non-hydrogen) atoms. The number of thiophene rings is 1. The second-order valence-corrected chi connectivity index (χ2v) is 9.25. The molecule has 1 saturated heterocycles. The second kappa shape index (κ2) is 8.27. The molecular formula is C23H23F3N4OS. The monoisotopic (exact) mass is 460 g/mol. The van der Waals surface area contributed by atoms with E-state index in [9.17, 15) is 18.0 Å². The van der Waals surface area contributed by atoms with Crippen molar-refractivity contribution in [2.45, 2.75) is 31.9 Å². The van der Waals surface area contributed by atoms with Crippen LogP contribution in [0.1, 0.15) is 39.2 Å². The molecule has 2 aliphatic rings. The average molecular weight is 461 g/mol. The molecule has 3 aromatic heterocycles. The number of aryl methyl sites for hydroxylation is 1. The predicted molar refractivity (Wildman–Crippen MR) is 118 cm³/mol. The summed E-state index contributed by atoms with van der Waals surface area (Å²) in [6, 6.07) is 6.38. The largest absolute Gasteiger partial charge is 0.417 e. The van der Waals surface area contributed by atoms with Crippen LogP contribution in [-0.4, -0.2) is 46.5 Å². The fourth-order valence-electron chi connectivity index (χ4n) is 4.46. The topological polar surface area (TPSA) is 41.4 Å². The molecule has 9 heteroatoms. The molecule has 1 aliphatic carbocycles. The van der Waals surface area contributed by atoms with Crippen molar-refractivity contribution in [3.63, 3.8) is 0 Å². The van der Waals surface area contributed by atoms with Crippen molar-refractivity contribution in [2.24, 2.45) is 0 Å². The Labute approximate surface area is 188 Å². The quantitative estimate of drug-likeness (QED) is 0.564. The van der Waals surface area contributed by atoms with Crippen molar-refractivity contribution in [3.05, 3.63) is 64.4 Å². The van der Waals surface area contributed by atoms with Crippen LogP contribution in [0.15, 0.2) is 42.9 Å². The van der Waals surface area contributed by atoms with Crippen molar-refractivity contribution in [2.75, 3.05) is 31.1 Å². The minimum Gasteiger partial charge on any atom is -0.353 e. The molecule has 1 amide bonds. The first kappa shape index (κ1) is 21.1. The lowest BCUT2D eigenvalue weighted by Crippen LogP contribution is -2.49. The van der Waals surface area contributed by atoms with E-state index in [4.69, 9.17) is 0 Å². The van der Waals surface area contributed by atoms with E-state index in [1.165, 1.54) is 16.5 Å².